The Morgan fingerprint density at radius 3 is 2.37 bits per heavy atom. The van der Waals surface area contributed by atoms with Gasteiger partial charge in [0.2, 0.25) is 5.91 Å². The molecule has 11 heteroatoms. The van der Waals surface area contributed by atoms with E-state index in [1.54, 1.807) is 0 Å². The fourth-order valence-corrected chi connectivity index (χ4v) is 6.01. The zero-order valence-electron chi connectivity index (χ0n) is 19.4. The van der Waals surface area contributed by atoms with Crippen molar-refractivity contribution < 1.29 is 28.8 Å². The van der Waals surface area contributed by atoms with Gasteiger partial charge in [-0.1, -0.05) is 30.3 Å². The molecule has 2 aliphatic rings. The summed E-state index contributed by atoms with van der Waals surface area (Å²) in [6.45, 7) is 3.56. The third-order valence-electron chi connectivity index (χ3n) is 6.11. The van der Waals surface area contributed by atoms with Gasteiger partial charge in [-0.2, -0.15) is 0 Å². The molecule has 0 bridgehead atoms. The van der Waals surface area contributed by atoms with Crippen LogP contribution in [0.15, 0.2) is 54.6 Å². The summed E-state index contributed by atoms with van der Waals surface area (Å²) < 4.78 is 10.3. The molecule has 0 saturated carbocycles. The molecule has 35 heavy (non-hydrogen) atoms. The lowest BCUT2D eigenvalue weighted by Crippen LogP contribution is -2.80. The van der Waals surface area contributed by atoms with Crippen LogP contribution in [0.1, 0.15) is 25.0 Å². The lowest BCUT2D eigenvalue weighted by molar-refractivity contribution is -0.384. The Balaban J connectivity index is 1.45. The van der Waals surface area contributed by atoms with Crippen molar-refractivity contribution >= 4 is 35.2 Å². The number of non-ortho nitro benzene ring substituents is 1. The molecule has 10 nitrogen and oxygen atoms in total. The van der Waals surface area contributed by atoms with Gasteiger partial charge in [0.25, 0.3) is 17.3 Å². The van der Waals surface area contributed by atoms with Crippen LogP contribution in [0.2, 0.25) is 0 Å². The van der Waals surface area contributed by atoms with Crippen LogP contribution in [0.4, 0.5) is 5.69 Å². The maximum atomic E-state index is 13.3. The number of carbonyl (C=O) groups is 3. The molecule has 2 heterocycles. The number of ether oxygens (including phenoxy) is 2. The van der Waals surface area contributed by atoms with Gasteiger partial charge < -0.3 is 19.7 Å². The lowest BCUT2D eigenvalue weighted by atomic mass is 9.93. The number of nitrogens with one attached hydrogen (secondary N) is 1. The van der Waals surface area contributed by atoms with Crippen LogP contribution in [0.25, 0.3) is 0 Å². The van der Waals surface area contributed by atoms with E-state index in [1.165, 1.54) is 48.0 Å². The van der Waals surface area contributed by atoms with E-state index in [0.29, 0.717) is 5.56 Å². The maximum absolute atomic E-state index is 13.3. The van der Waals surface area contributed by atoms with Gasteiger partial charge >= 0.3 is 5.97 Å². The summed E-state index contributed by atoms with van der Waals surface area (Å²) >= 11 is 1.35. The van der Waals surface area contributed by atoms with Gasteiger partial charge in [0.1, 0.15) is 18.0 Å². The lowest BCUT2D eigenvalue weighted by Gasteiger charge is -2.51. The molecule has 2 fully saturated rings. The normalized spacial score (nSPS) is 24.3. The van der Waals surface area contributed by atoms with E-state index in [9.17, 15) is 24.5 Å². The number of amides is 2. The van der Waals surface area contributed by atoms with Gasteiger partial charge in [-0.3, -0.25) is 19.7 Å². The number of nitro benzene ring substituents is 1. The van der Waals surface area contributed by atoms with Gasteiger partial charge in [0, 0.05) is 24.0 Å². The second-order valence-electron chi connectivity index (χ2n) is 8.87. The van der Waals surface area contributed by atoms with Crippen LogP contribution in [0.5, 0.6) is 0 Å². The monoisotopic (exact) mass is 499 g/mol. The molecular weight excluding hydrogens is 474 g/mol. The molecule has 184 valence electrons. The highest BCUT2D eigenvalue weighted by Crippen LogP contribution is 2.55. The standard InChI is InChI=1S/C24H25N3O7S/c1-23(2)19(20(29)34-14-16-9-11-17(12-10-16)27(31)32)26-21(30)24(33-3,22(26)35-23)25-18(28)13-15-7-5-4-6-8-15/h4-12,19,22H,13-14H2,1-3H3,(H,25,28)/t19-,22+,24-/m0/s1. The van der Waals surface area contributed by atoms with Crippen LogP contribution < -0.4 is 5.32 Å². The Bertz CT molecular complexity index is 1160. The Labute approximate surface area is 206 Å². The molecule has 0 unspecified atom stereocenters. The number of hydrogen-bond acceptors (Lipinski definition) is 8. The molecule has 0 aromatic heterocycles. The van der Waals surface area contributed by atoms with Crippen LogP contribution >= 0.6 is 11.8 Å². The van der Waals surface area contributed by atoms with Crippen LogP contribution in [0, 0.1) is 10.1 Å². The van der Waals surface area contributed by atoms with Crippen molar-refractivity contribution in [2.24, 2.45) is 0 Å². The Kier molecular flexibility index (Phi) is 6.56. The van der Waals surface area contributed by atoms with Gasteiger partial charge in [0.05, 0.1) is 11.3 Å². The number of hydrogen-bond donors (Lipinski definition) is 1. The highest BCUT2D eigenvalue weighted by atomic mass is 32.2. The Morgan fingerprint density at radius 1 is 1.11 bits per heavy atom. The van der Waals surface area contributed by atoms with E-state index in [-0.39, 0.29) is 24.6 Å². The number of benzene rings is 2. The molecule has 0 radical (unpaired) electrons. The van der Waals surface area contributed by atoms with Crippen molar-refractivity contribution in [3.05, 3.63) is 75.8 Å². The molecular formula is C24H25N3O7S. The first-order valence-electron chi connectivity index (χ1n) is 10.9. The average Bonchev–Trinajstić information content (AvgIpc) is 3.10. The van der Waals surface area contributed by atoms with Crippen LogP contribution in [-0.2, 0) is 36.9 Å². The van der Waals surface area contributed by atoms with E-state index in [2.05, 4.69) is 5.32 Å². The molecule has 2 aromatic rings. The van der Waals surface area contributed by atoms with Crippen molar-refractivity contribution in [2.45, 2.75) is 48.8 Å². The summed E-state index contributed by atoms with van der Waals surface area (Å²) in [7, 11) is 1.35. The number of thioether (sulfide) groups is 1. The molecule has 2 amide bonds. The van der Waals surface area contributed by atoms with Crippen molar-refractivity contribution in [2.75, 3.05) is 7.11 Å². The first kappa shape index (κ1) is 24.7. The highest BCUT2D eigenvalue weighted by Gasteiger charge is 2.73. The van der Waals surface area contributed by atoms with Crippen molar-refractivity contribution in [1.29, 1.82) is 0 Å². The number of carbonyl (C=O) groups excluding carboxylic acids is 3. The largest absolute Gasteiger partial charge is 0.459 e. The second kappa shape index (κ2) is 9.31. The Morgan fingerprint density at radius 2 is 1.77 bits per heavy atom. The summed E-state index contributed by atoms with van der Waals surface area (Å²) in [5.74, 6) is -1.48. The molecule has 2 aromatic carbocycles. The minimum atomic E-state index is -1.57. The predicted octanol–water partition coefficient (Wildman–Crippen LogP) is 2.40. The van der Waals surface area contributed by atoms with Crippen LogP contribution in [0.3, 0.4) is 0 Å². The molecule has 1 N–H and O–H groups in total. The van der Waals surface area contributed by atoms with E-state index in [4.69, 9.17) is 9.47 Å². The van der Waals surface area contributed by atoms with Gasteiger partial charge in [0.15, 0.2) is 0 Å². The number of β-lactam (4-membered cyclic amide) rings is 1. The summed E-state index contributed by atoms with van der Waals surface area (Å²) in [6.07, 6.45) is 0.0840. The van der Waals surface area contributed by atoms with E-state index < -0.39 is 38.7 Å². The summed E-state index contributed by atoms with van der Waals surface area (Å²) in [5, 5.41) is 12.9. The van der Waals surface area contributed by atoms with Crippen molar-refractivity contribution in [3.63, 3.8) is 0 Å². The fraction of sp³-hybridized carbons (Fsp3) is 0.375. The molecule has 2 aliphatic heterocycles. The molecule has 0 aliphatic carbocycles. The smallest absolute Gasteiger partial charge is 0.330 e. The number of esters is 1. The minimum absolute atomic E-state index is 0.0624. The third-order valence-corrected chi connectivity index (χ3v) is 7.72. The summed E-state index contributed by atoms with van der Waals surface area (Å²) in [4.78, 5) is 50.7. The van der Waals surface area contributed by atoms with E-state index in [0.717, 1.165) is 5.56 Å². The second-order valence-corrected chi connectivity index (χ2v) is 10.6. The average molecular weight is 500 g/mol. The van der Waals surface area contributed by atoms with E-state index in [1.807, 2.05) is 44.2 Å². The summed E-state index contributed by atoms with van der Waals surface area (Å²) in [6, 6.07) is 13.9. The number of fused-ring (bicyclic) bond motifs is 1. The van der Waals surface area contributed by atoms with Crippen molar-refractivity contribution in [3.8, 4) is 0 Å². The van der Waals surface area contributed by atoms with E-state index >= 15 is 0 Å². The van der Waals surface area contributed by atoms with Crippen LogP contribution in [-0.4, -0.2) is 56.6 Å². The quantitative estimate of drug-likeness (QED) is 0.193. The van der Waals surface area contributed by atoms with Crippen molar-refractivity contribution in [1.82, 2.24) is 10.2 Å². The first-order valence-corrected chi connectivity index (χ1v) is 11.8. The Hall–Kier alpha value is -3.44. The molecule has 2 saturated heterocycles. The number of nitrogens with zero attached hydrogens (tertiary/aromatic N) is 2. The number of methoxy groups -OCH3 is 1. The predicted molar refractivity (Wildman–Crippen MR) is 127 cm³/mol. The third kappa shape index (κ3) is 4.48. The topological polar surface area (TPSA) is 128 Å². The maximum Gasteiger partial charge on any atom is 0.330 e. The van der Waals surface area contributed by atoms with Gasteiger partial charge in [-0.15, -0.1) is 11.8 Å². The SMILES string of the molecule is CO[C@@]1(NC(=O)Cc2ccccc2)C(=O)N2[C@@H](C(=O)OCc3ccc([N+](=O)[O-])cc3)C(C)(C)S[C@@H]21. The molecule has 0 spiro atoms. The highest BCUT2D eigenvalue weighted by molar-refractivity contribution is 8.01. The minimum Gasteiger partial charge on any atom is -0.459 e. The van der Waals surface area contributed by atoms with Gasteiger partial charge in [-0.25, -0.2) is 4.79 Å². The first-order chi connectivity index (χ1) is 16.6. The molecule has 4 rings (SSSR count). The zero-order chi connectivity index (χ0) is 25.4. The molecule has 3 atom stereocenters. The van der Waals surface area contributed by atoms with Gasteiger partial charge in [-0.05, 0) is 37.1 Å². The number of nitro groups is 1. The zero-order valence-corrected chi connectivity index (χ0v) is 20.2. The number of rotatable bonds is 8. The fourth-order valence-electron chi connectivity index (χ4n) is 4.34. The summed E-state index contributed by atoms with van der Waals surface area (Å²) in [5.41, 5.74) is -0.251.